The Morgan fingerprint density at radius 3 is 2.95 bits per heavy atom. The van der Waals surface area contributed by atoms with Gasteiger partial charge in [-0.1, -0.05) is 19.1 Å². The van der Waals surface area contributed by atoms with Crippen molar-refractivity contribution in [1.29, 1.82) is 0 Å². The van der Waals surface area contributed by atoms with Crippen molar-refractivity contribution in [1.82, 2.24) is 14.5 Å². The molecule has 0 bridgehead atoms. The second kappa shape index (κ2) is 4.90. The number of hydrogen-bond acceptors (Lipinski definition) is 3. The summed E-state index contributed by atoms with van der Waals surface area (Å²) in [5.41, 5.74) is 2.21. The van der Waals surface area contributed by atoms with Gasteiger partial charge in [-0.25, -0.2) is 4.98 Å². The molecule has 0 spiro atoms. The van der Waals surface area contributed by atoms with Crippen LogP contribution in [0, 0.1) is 4.77 Å². The predicted octanol–water partition coefficient (Wildman–Crippen LogP) is 4.33. The number of fused-ring (bicyclic) bond motifs is 1. The Morgan fingerprint density at radius 2 is 2.21 bits per heavy atom. The van der Waals surface area contributed by atoms with E-state index in [0.717, 1.165) is 27.2 Å². The number of para-hydroxylation sites is 2. The van der Waals surface area contributed by atoms with Gasteiger partial charge in [-0.3, -0.25) is 0 Å². The lowest BCUT2D eigenvalue weighted by Gasteiger charge is -2.11. The molecule has 19 heavy (non-hydrogen) atoms. The Balaban J connectivity index is 2.13. The van der Waals surface area contributed by atoms with E-state index in [4.69, 9.17) is 12.2 Å². The Hall–Kier alpha value is -1.46. The molecule has 1 N–H and O–H groups in total. The first-order valence-corrected chi connectivity index (χ1v) is 7.57. The molecule has 1 atom stereocenters. The number of aromatic amines is 1. The molecule has 3 rings (SSSR count). The molecule has 2 aromatic heterocycles. The maximum absolute atomic E-state index is 5.45. The van der Waals surface area contributed by atoms with Crippen molar-refractivity contribution in [2.45, 2.75) is 26.3 Å². The van der Waals surface area contributed by atoms with Crippen molar-refractivity contribution in [2.75, 3.05) is 0 Å². The molecule has 0 saturated carbocycles. The van der Waals surface area contributed by atoms with E-state index in [1.165, 1.54) is 4.88 Å². The van der Waals surface area contributed by atoms with Crippen LogP contribution in [-0.4, -0.2) is 14.5 Å². The van der Waals surface area contributed by atoms with Gasteiger partial charge in [-0.2, -0.15) is 0 Å². The predicted molar refractivity (Wildman–Crippen MR) is 82.4 cm³/mol. The summed E-state index contributed by atoms with van der Waals surface area (Å²) in [6.07, 6.45) is 3.00. The molecule has 0 saturated heterocycles. The molecule has 0 amide bonds. The number of aromatic nitrogens is 3. The molecule has 3 nitrogen and oxygen atoms in total. The Labute approximate surface area is 120 Å². The van der Waals surface area contributed by atoms with Gasteiger partial charge in [0, 0.05) is 11.1 Å². The molecule has 0 aliphatic heterocycles. The van der Waals surface area contributed by atoms with Crippen LogP contribution in [0.2, 0.25) is 0 Å². The van der Waals surface area contributed by atoms with Gasteiger partial charge in [0.25, 0.3) is 0 Å². The van der Waals surface area contributed by atoms with Crippen molar-refractivity contribution >= 4 is 34.6 Å². The van der Waals surface area contributed by atoms with E-state index in [0.29, 0.717) is 0 Å². The van der Waals surface area contributed by atoms with Gasteiger partial charge in [0.15, 0.2) is 4.77 Å². The number of nitrogens with one attached hydrogen (secondary N) is 1. The molecular weight excluding hydrogens is 274 g/mol. The molecule has 0 fully saturated rings. The Kier molecular flexibility index (Phi) is 3.24. The fourth-order valence-electron chi connectivity index (χ4n) is 2.25. The van der Waals surface area contributed by atoms with Gasteiger partial charge in [0.05, 0.1) is 17.1 Å². The summed E-state index contributed by atoms with van der Waals surface area (Å²) in [5.74, 6) is 0. The van der Waals surface area contributed by atoms with E-state index in [9.17, 15) is 0 Å². The van der Waals surface area contributed by atoms with Gasteiger partial charge >= 0.3 is 0 Å². The molecule has 0 aliphatic rings. The van der Waals surface area contributed by atoms with Crippen LogP contribution in [0.15, 0.2) is 30.5 Å². The lowest BCUT2D eigenvalue weighted by Crippen LogP contribution is -2.06. The number of aryl methyl sites for hydroxylation is 1. The van der Waals surface area contributed by atoms with Gasteiger partial charge < -0.3 is 9.55 Å². The Bertz CT molecular complexity index is 766. The highest BCUT2D eigenvalue weighted by Gasteiger charge is 2.15. The zero-order valence-corrected chi connectivity index (χ0v) is 12.5. The van der Waals surface area contributed by atoms with Crippen LogP contribution >= 0.6 is 23.6 Å². The zero-order chi connectivity index (χ0) is 13.4. The quantitative estimate of drug-likeness (QED) is 0.728. The van der Waals surface area contributed by atoms with Crippen LogP contribution in [0.3, 0.4) is 0 Å². The maximum Gasteiger partial charge on any atom is 0.178 e. The number of H-pyrrole nitrogens is 1. The van der Waals surface area contributed by atoms with Crippen LogP contribution in [-0.2, 0) is 6.42 Å². The summed E-state index contributed by atoms with van der Waals surface area (Å²) in [4.78, 5) is 9.09. The van der Waals surface area contributed by atoms with Crippen LogP contribution in [0.5, 0.6) is 0 Å². The lowest BCUT2D eigenvalue weighted by molar-refractivity contribution is 0.644. The summed E-state index contributed by atoms with van der Waals surface area (Å²) >= 11 is 7.21. The zero-order valence-electron chi connectivity index (χ0n) is 10.9. The van der Waals surface area contributed by atoms with E-state index in [1.54, 1.807) is 11.3 Å². The highest BCUT2D eigenvalue weighted by atomic mass is 32.1. The van der Waals surface area contributed by atoms with Gasteiger partial charge in [-0.05, 0) is 37.7 Å². The molecule has 0 radical (unpaired) electrons. The van der Waals surface area contributed by atoms with Crippen LogP contribution in [0.25, 0.3) is 11.0 Å². The molecule has 98 valence electrons. The van der Waals surface area contributed by atoms with Crippen molar-refractivity contribution in [3.05, 3.63) is 45.1 Å². The van der Waals surface area contributed by atoms with E-state index in [2.05, 4.69) is 34.4 Å². The summed E-state index contributed by atoms with van der Waals surface area (Å²) < 4.78 is 2.89. The summed E-state index contributed by atoms with van der Waals surface area (Å²) in [6, 6.07) is 8.35. The highest BCUT2D eigenvalue weighted by Crippen LogP contribution is 2.27. The SMILES string of the molecule is CCc1cnc(C(C)n2c(=S)[nH]c3ccccc32)s1. The summed E-state index contributed by atoms with van der Waals surface area (Å²) in [6.45, 7) is 4.30. The molecule has 3 aromatic rings. The number of hydrogen-bond donors (Lipinski definition) is 1. The first kappa shape index (κ1) is 12.6. The normalized spacial score (nSPS) is 12.9. The molecule has 0 aliphatic carbocycles. The monoisotopic (exact) mass is 289 g/mol. The molecular formula is C14H15N3S2. The summed E-state index contributed by atoms with van der Waals surface area (Å²) in [5, 5.41) is 1.11. The van der Waals surface area contributed by atoms with Gasteiger partial charge in [0.2, 0.25) is 0 Å². The van der Waals surface area contributed by atoms with Crippen molar-refractivity contribution in [3.63, 3.8) is 0 Å². The Morgan fingerprint density at radius 1 is 1.42 bits per heavy atom. The average molecular weight is 289 g/mol. The van der Waals surface area contributed by atoms with Gasteiger partial charge in [0.1, 0.15) is 5.01 Å². The molecule has 5 heteroatoms. The second-order valence-corrected chi connectivity index (χ2v) is 6.05. The highest BCUT2D eigenvalue weighted by molar-refractivity contribution is 7.71. The lowest BCUT2D eigenvalue weighted by atomic mass is 10.3. The third kappa shape index (κ3) is 2.13. The van der Waals surface area contributed by atoms with Crippen molar-refractivity contribution in [3.8, 4) is 0 Å². The van der Waals surface area contributed by atoms with Crippen LogP contribution in [0.1, 0.15) is 29.8 Å². The first-order chi connectivity index (χ1) is 9.20. The number of rotatable bonds is 3. The standard InChI is InChI=1S/C14H15N3S2/c1-3-10-8-15-13(19-10)9(2)17-12-7-5-4-6-11(12)16-14(17)18/h4-9H,3H2,1-2H3,(H,16,18). The topological polar surface area (TPSA) is 33.6 Å². The minimum atomic E-state index is 0.161. The molecule has 1 unspecified atom stereocenters. The van der Waals surface area contributed by atoms with Gasteiger partial charge in [-0.15, -0.1) is 11.3 Å². The van der Waals surface area contributed by atoms with Crippen molar-refractivity contribution in [2.24, 2.45) is 0 Å². The molecule has 2 heterocycles. The number of nitrogens with zero attached hydrogens (tertiary/aromatic N) is 2. The third-order valence-corrected chi connectivity index (χ3v) is 4.90. The minimum Gasteiger partial charge on any atom is -0.331 e. The molecule has 1 aromatic carbocycles. The second-order valence-electron chi connectivity index (χ2n) is 4.51. The first-order valence-electron chi connectivity index (χ1n) is 6.34. The smallest absolute Gasteiger partial charge is 0.178 e. The van der Waals surface area contributed by atoms with Crippen LogP contribution in [0.4, 0.5) is 0 Å². The number of thiazole rings is 1. The summed E-state index contributed by atoms with van der Waals surface area (Å²) in [7, 11) is 0. The van der Waals surface area contributed by atoms with E-state index in [-0.39, 0.29) is 6.04 Å². The fraction of sp³-hybridized carbons (Fsp3) is 0.286. The van der Waals surface area contributed by atoms with Crippen LogP contribution < -0.4 is 0 Å². The maximum atomic E-state index is 5.45. The van der Waals surface area contributed by atoms with Crippen molar-refractivity contribution < 1.29 is 0 Å². The fourth-order valence-corrected chi connectivity index (χ4v) is 3.51. The average Bonchev–Trinajstić information content (AvgIpc) is 3.01. The van der Waals surface area contributed by atoms with E-state index < -0.39 is 0 Å². The number of imidazole rings is 1. The third-order valence-electron chi connectivity index (χ3n) is 3.29. The largest absolute Gasteiger partial charge is 0.331 e. The minimum absolute atomic E-state index is 0.161. The van der Waals surface area contributed by atoms with E-state index >= 15 is 0 Å². The van der Waals surface area contributed by atoms with E-state index in [1.807, 2.05) is 24.4 Å². The number of benzene rings is 1.